The standard InChI is InChI=1S/C27H29N3O4.ClH/c1-30(10-9-17-7-5-4-6-8-17)27-28-14-20(15-29-27)24-21-13-23(33-3)22(32-2)12-18(21)11-19-16-34-26(31)25(19)24;/h7,11-15H,4-6,8-10,16H2,1-3H3;1H. The van der Waals surface area contributed by atoms with Gasteiger partial charge in [-0.1, -0.05) is 11.6 Å². The third-order valence-corrected chi connectivity index (χ3v) is 6.71. The first-order valence-corrected chi connectivity index (χ1v) is 11.7. The van der Waals surface area contributed by atoms with Crippen molar-refractivity contribution in [1.29, 1.82) is 0 Å². The number of methoxy groups -OCH3 is 2. The van der Waals surface area contributed by atoms with Gasteiger partial charge in [-0.05, 0) is 61.1 Å². The minimum Gasteiger partial charge on any atom is -0.493 e. The first-order chi connectivity index (χ1) is 16.6. The molecule has 0 fully saturated rings. The van der Waals surface area contributed by atoms with Gasteiger partial charge in [0.05, 0.1) is 19.8 Å². The smallest absolute Gasteiger partial charge is 0.339 e. The Morgan fingerprint density at radius 2 is 1.77 bits per heavy atom. The third-order valence-electron chi connectivity index (χ3n) is 6.71. The number of fused-ring (bicyclic) bond motifs is 2. The lowest BCUT2D eigenvalue weighted by Gasteiger charge is -2.20. The molecule has 2 heterocycles. The van der Waals surface area contributed by atoms with Gasteiger partial charge in [-0.2, -0.15) is 0 Å². The molecule has 1 aliphatic carbocycles. The molecule has 8 heteroatoms. The van der Waals surface area contributed by atoms with Crippen molar-refractivity contribution < 1.29 is 19.0 Å². The average Bonchev–Trinajstić information content (AvgIpc) is 3.25. The van der Waals surface area contributed by atoms with Gasteiger partial charge in [0.2, 0.25) is 5.95 Å². The Morgan fingerprint density at radius 3 is 2.46 bits per heavy atom. The Hall–Kier alpha value is -3.32. The van der Waals surface area contributed by atoms with E-state index < -0.39 is 0 Å². The van der Waals surface area contributed by atoms with Gasteiger partial charge in [-0.3, -0.25) is 0 Å². The maximum absolute atomic E-state index is 12.7. The molecule has 5 rings (SSSR count). The van der Waals surface area contributed by atoms with Crippen LogP contribution >= 0.6 is 12.4 Å². The van der Waals surface area contributed by atoms with Crippen LogP contribution < -0.4 is 14.4 Å². The molecule has 0 radical (unpaired) electrons. The van der Waals surface area contributed by atoms with Crippen molar-refractivity contribution in [3.05, 3.63) is 53.4 Å². The van der Waals surface area contributed by atoms with E-state index in [0.29, 0.717) is 23.0 Å². The van der Waals surface area contributed by atoms with Crippen LogP contribution in [0.15, 0.2) is 42.2 Å². The van der Waals surface area contributed by atoms with Crippen molar-refractivity contribution in [2.75, 3.05) is 32.7 Å². The van der Waals surface area contributed by atoms with E-state index in [9.17, 15) is 4.79 Å². The maximum Gasteiger partial charge on any atom is 0.339 e. The molecular weight excluding hydrogens is 466 g/mol. The Bertz CT molecular complexity index is 1270. The number of cyclic esters (lactones) is 1. The van der Waals surface area contributed by atoms with Crippen molar-refractivity contribution in [2.45, 2.75) is 38.7 Å². The lowest BCUT2D eigenvalue weighted by atomic mass is 9.91. The van der Waals surface area contributed by atoms with E-state index in [-0.39, 0.29) is 25.0 Å². The summed E-state index contributed by atoms with van der Waals surface area (Å²) in [4.78, 5) is 24.0. The number of rotatable bonds is 7. The van der Waals surface area contributed by atoms with Crippen LogP contribution in [0, 0.1) is 0 Å². The number of esters is 1. The maximum atomic E-state index is 12.7. The summed E-state index contributed by atoms with van der Waals surface area (Å²) >= 11 is 0. The summed E-state index contributed by atoms with van der Waals surface area (Å²) < 4.78 is 16.4. The summed E-state index contributed by atoms with van der Waals surface area (Å²) in [5.74, 6) is 1.56. The highest BCUT2D eigenvalue weighted by molar-refractivity contribution is 6.11. The molecule has 3 aromatic rings. The number of hydrogen-bond acceptors (Lipinski definition) is 7. The molecule has 0 saturated heterocycles. The summed E-state index contributed by atoms with van der Waals surface area (Å²) in [6, 6.07) is 5.79. The largest absolute Gasteiger partial charge is 0.493 e. The number of halogens is 1. The predicted octanol–water partition coefficient (Wildman–Crippen LogP) is 5.73. The van der Waals surface area contributed by atoms with Crippen LogP contribution in [0.3, 0.4) is 0 Å². The average molecular weight is 496 g/mol. The molecule has 0 unspecified atom stereocenters. The van der Waals surface area contributed by atoms with E-state index in [2.05, 4.69) is 20.9 Å². The molecule has 7 nitrogen and oxygen atoms in total. The highest BCUT2D eigenvalue weighted by Gasteiger charge is 2.28. The van der Waals surface area contributed by atoms with Gasteiger partial charge in [0.25, 0.3) is 0 Å². The summed E-state index contributed by atoms with van der Waals surface area (Å²) in [5.41, 5.74) is 4.47. The van der Waals surface area contributed by atoms with Crippen LogP contribution in [0.25, 0.3) is 21.9 Å². The van der Waals surface area contributed by atoms with E-state index in [0.717, 1.165) is 40.4 Å². The predicted molar refractivity (Wildman–Crippen MR) is 139 cm³/mol. The Balaban J connectivity index is 0.00000289. The lowest BCUT2D eigenvalue weighted by Crippen LogP contribution is -2.21. The number of ether oxygens (including phenoxy) is 3. The molecule has 1 aromatic heterocycles. The molecular formula is C27H30ClN3O4. The van der Waals surface area contributed by atoms with Gasteiger partial charge in [0, 0.05) is 42.7 Å². The zero-order chi connectivity index (χ0) is 23.7. The highest BCUT2D eigenvalue weighted by Crippen LogP contribution is 2.42. The fourth-order valence-electron chi connectivity index (χ4n) is 4.84. The van der Waals surface area contributed by atoms with Gasteiger partial charge in [-0.25, -0.2) is 14.8 Å². The van der Waals surface area contributed by atoms with Crippen molar-refractivity contribution in [1.82, 2.24) is 9.97 Å². The van der Waals surface area contributed by atoms with Crippen LogP contribution in [0.4, 0.5) is 5.95 Å². The Kier molecular flexibility index (Phi) is 7.45. The molecule has 0 N–H and O–H groups in total. The van der Waals surface area contributed by atoms with Gasteiger partial charge in [0.1, 0.15) is 6.61 Å². The monoisotopic (exact) mass is 495 g/mol. The van der Waals surface area contributed by atoms with Gasteiger partial charge >= 0.3 is 5.97 Å². The fourth-order valence-corrected chi connectivity index (χ4v) is 4.84. The van der Waals surface area contributed by atoms with Gasteiger partial charge in [0.15, 0.2) is 11.5 Å². The summed E-state index contributed by atoms with van der Waals surface area (Å²) in [6.07, 6.45) is 12.0. The molecule has 2 aromatic carbocycles. The molecule has 1 aliphatic heterocycles. The number of hydrogen-bond donors (Lipinski definition) is 0. The number of nitrogens with zero attached hydrogens (tertiary/aromatic N) is 3. The second-order valence-electron chi connectivity index (χ2n) is 8.84. The van der Waals surface area contributed by atoms with E-state index in [1.54, 1.807) is 26.6 Å². The molecule has 2 aliphatic rings. The summed E-state index contributed by atoms with van der Waals surface area (Å²) in [6.45, 7) is 1.13. The normalized spacial score (nSPS) is 14.6. The Labute approximate surface area is 211 Å². The number of benzene rings is 2. The van der Waals surface area contributed by atoms with E-state index >= 15 is 0 Å². The fraction of sp³-hybridized carbons (Fsp3) is 0.370. The zero-order valence-corrected chi connectivity index (χ0v) is 21.1. The number of carbonyl (C=O) groups is 1. The molecule has 0 atom stereocenters. The van der Waals surface area contributed by atoms with Gasteiger partial charge in [-0.15, -0.1) is 12.4 Å². The number of carbonyl (C=O) groups excluding carboxylic acids is 1. The molecule has 0 saturated carbocycles. The quantitative estimate of drug-likeness (QED) is 0.306. The minimum absolute atomic E-state index is 0. The van der Waals surface area contributed by atoms with Crippen LogP contribution in [-0.4, -0.2) is 43.7 Å². The van der Waals surface area contributed by atoms with E-state index in [4.69, 9.17) is 14.2 Å². The van der Waals surface area contributed by atoms with Crippen LogP contribution in [0.2, 0.25) is 0 Å². The van der Waals surface area contributed by atoms with Crippen LogP contribution in [0.5, 0.6) is 11.5 Å². The molecule has 184 valence electrons. The van der Waals surface area contributed by atoms with Crippen molar-refractivity contribution in [3.63, 3.8) is 0 Å². The minimum atomic E-state index is -0.330. The Morgan fingerprint density at radius 1 is 1.03 bits per heavy atom. The van der Waals surface area contributed by atoms with Crippen LogP contribution in [0.1, 0.15) is 48.0 Å². The van der Waals surface area contributed by atoms with Crippen LogP contribution in [-0.2, 0) is 11.3 Å². The van der Waals surface area contributed by atoms with Gasteiger partial charge < -0.3 is 19.1 Å². The number of allylic oxidation sites excluding steroid dienone is 1. The van der Waals surface area contributed by atoms with E-state index in [1.165, 1.54) is 31.3 Å². The first kappa shape index (κ1) is 24.8. The highest BCUT2D eigenvalue weighted by atomic mass is 35.5. The van der Waals surface area contributed by atoms with Crippen molar-refractivity contribution in [2.24, 2.45) is 0 Å². The van der Waals surface area contributed by atoms with Crippen molar-refractivity contribution >= 4 is 35.1 Å². The SMILES string of the molecule is COc1cc2cc3c(c(-c4cnc(N(C)CCC5=CCCCC5)nc4)c2cc1OC)C(=O)OC3.Cl. The first-order valence-electron chi connectivity index (χ1n) is 11.7. The third kappa shape index (κ3) is 4.78. The summed E-state index contributed by atoms with van der Waals surface area (Å²) in [5, 5.41) is 1.80. The summed E-state index contributed by atoms with van der Waals surface area (Å²) in [7, 11) is 5.23. The van der Waals surface area contributed by atoms with E-state index in [1.807, 2.05) is 25.2 Å². The lowest BCUT2D eigenvalue weighted by molar-refractivity contribution is 0.0535. The molecule has 0 bridgehead atoms. The molecule has 35 heavy (non-hydrogen) atoms. The second-order valence-corrected chi connectivity index (χ2v) is 8.84. The number of aromatic nitrogens is 2. The second kappa shape index (κ2) is 10.5. The topological polar surface area (TPSA) is 73.8 Å². The van der Waals surface area contributed by atoms with Crippen molar-refractivity contribution in [3.8, 4) is 22.6 Å². The molecule has 0 amide bonds. The molecule has 0 spiro atoms. The zero-order valence-electron chi connectivity index (χ0n) is 20.3. The number of anilines is 1.